The van der Waals surface area contributed by atoms with Gasteiger partial charge >= 0.3 is 6.18 Å². The molecule has 11 heteroatoms. The second-order valence-corrected chi connectivity index (χ2v) is 8.13. The highest BCUT2D eigenvalue weighted by Gasteiger charge is 2.33. The van der Waals surface area contributed by atoms with Gasteiger partial charge in [-0.05, 0) is 50.3 Å². The average molecular weight is 498 g/mol. The molecular weight excluding hydrogens is 471 g/mol. The highest BCUT2D eigenvalue weighted by Crippen LogP contribution is 2.32. The van der Waals surface area contributed by atoms with Gasteiger partial charge in [0.1, 0.15) is 0 Å². The molecule has 8 nitrogen and oxygen atoms in total. The standard InChI is InChI=1S/C25H26F3N7O/c1-15(12-31-24(29-4)33-22-14-35(5)34-17(22)3)19-8-6-18(7-9-19)10-23(36)32-20-11-21(25(26,27)28)16(2)30-13-20/h6-9,11-14H,4,10H2,1-3,5H3,(H,31,33)(H,32,36)/b15-12+. The maximum atomic E-state index is 13.1. The largest absolute Gasteiger partial charge is 0.418 e. The molecule has 0 aliphatic carbocycles. The Morgan fingerprint density at radius 1 is 1.17 bits per heavy atom. The number of nitrogens with zero attached hydrogens (tertiary/aromatic N) is 5. The Morgan fingerprint density at radius 3 is 2.44 bits per heavy atom. The summed E-state index contributed by atoms with van der Waals surface area (Å²) >= 11 is 0. The molecule has 3 aromatic rings. The molecule has 3 rings (SSSR count). The van der Waals surface area contributed by atoms with Gasteiger partial charge in [-0.1, -0.05) is 24.3 Å². The lowest BCUT2D eigenvalue weighted by molar-refractivity contribution is -0.138. The number of amides is 1. The maximum Gasteiger partial charge on any atom is 0.418 e. The molecule has 188 valence electrons. The second kappa shape index (κ2) is 11.0. The van der Waals surface area contributed by atoms with Crippen LogP contribution in [0.15, 0.2) is 58.9 Å². The first-order valence-electron chi connectivity index (χ1n) is 10.9. The number of carbonyl (C=O) groups is 1. The number of rotatable bonds is 6. The minimum Gasteiger partial charge on any atom is -0.324 e. The van der Waals surface area contributed by atoms with Crippen molar-refractivity contribution in [3.8, 4) is 0 Å². The Kier molecular flexibility index (Phi) is 8.03. The molecule has 0 fully saturated rings. The first-order chi connectivity index (χ1) is 17.0. The third-order valence-electron chi connectivity index (χ3n) is 5.24. The summed E-state index contributed by atoms with van der Waals surface area (Å²) in [5, 5.41) is 9.80. The van der Waals surface area contributed by atoms with Crippen LogP contribution in [0.1, 0.15) is 35.0 Å². The van der Waals surface area contributed by atoms with Gasteiger partial charge in [-0.15, -0.1) is 0 Å². The number of aliphatic imine (C=N–C) groups is 2. The van der Waals surface area contributed by atoms with Crippen LogP contribution in [-0.2, 0) is 24.4 Å². The topological polar surface area (TPSA) is 96.6 Å². The number of nitrogens with one attached hydrogen (secondary N) is 2. The summed E-state index contributed by atoms with van der Waals surface area (Å²) in [7, 11) is 1.82. The van der Waals surface area contributed by atoms with Gasteiger partial charge < -0.3 is 10.6 Å². The van der Waals surface area contributed by atoms with Crippen LogP contribution in [0, 0.1) is 13.8 Å². The van der Waals surface area contributed by atoms with Crippen LogP contribution in [0.4, 0.5) is 24.5 Å². The summed E-state index contributed by atoms with van der Waals surface area (Å²) in [6, 6.07) is 8.09. The summed E-state index contributed by atoms with van der Waals surface area (Å²) in [5.74, 6) is -0.130. The van der Waals surface area contributed by atoms with Crippen molar-refractivity contribution in [2.75, 3.05) is 10.6 Å². The van der Waals surface area contributed by atoms with Gasteiger partial charge in [0.25, 0.3) is 0 Å². The summed E-state index contributed by atoms with van der Waals surface area (Å²) in [6.45, 7) is 8.55. The van der Waals surface area contributed by atoms with E-state index in [0.717, 1.165) is 28.6 Å². The Labute approximate surface area is 206 Å². The lowest BCUT2D eigenvalue weighted by Gasteiger charge is -2.12. The number of aromatic nitrogens is 3. The van der Waals surface area contributed by atoms with Crippen molar-refractivity contribution < 1.29 is 18.0 Å². The smallest absolute Gasteiger partial charge is 0.324 e. The fraction of sp³-hybridized carbons (Fsp3) is 0.240. The fourth-order valence-corrected chi connectivity index (χ4v) is 3.35. The Bertz CT molecular complexity index is 1320. The summed E-state index contributed by atoms with van der Waals surface area (Å²) in [6.07, 6.45) is 0.116. The van der Waals surface area contributed by atoms with Gasteiger partial charge in [-0.25, -0.2) is 9.98 Å². The molecule has 0 spiro atoms. The number of benzene rings is 1. The molecule has 1 aromatic carbocycles. The Balaban J connectivity index is 1.64. The first-order valence-corrected chi connectivity index (χ1v) is 10.9. The normalized spacial score (nSPS) is 12.4. The van der Waals surface area contributed by atoms with Crippen LogP contribution in [-0.4, -0.2) is 33.3 Å². The van der Waals surface area contributed by atoms with E-state index in [-0.39, 0.29) is 17.8 Å². The molecule has 0 unspecified atom stereocenters. The van der Waals surface area contributed by atoms with E-state index < -0.39 is 17.6 Å². The van der Waals surface area contributed by atoms with E-state index in [9.17, 15) is 18.0 Å². The number of allylic oxidation sites excluding steroid dienone is 1. The van der Waals surface area contributed by atoms with Crippen molar-refractivity contribution in [3.63, 3.8) is 0 Å². The van der Waals surface area contributed by atoms with Crippen molar-refractivity contribution in [2.45, 2.75) is 33.4 Å². The summed E-state index contributed by atoms with van der Waals surface area (Å²) in [4.78, 5) is 24.3. The highest BCUT2D eigenvalue weighted by molar-refractivity contribution is 5.97. The molecule has 0 radical (unpaired) electrons. The lowest BCUT2D eigenvalue weighted by Crippen LogP contribution is -2.16. The van der Waals surface area contributed by atoms with Crippen molar-refractivity contribution in [3.05, 3.63) is 77.0 Å². The zero-order valence-corrected chi connectivity index (χ0v) is 20.3. The zero-order chi connectivity index (χ0) is 26.5. The number of hydrogen-bond donors (Lipinski definition) is 2. The predicted octanol–water partition coefficient (Wildman–Crippen LogP) is 5.16. The molecule has 0 atom stereocenters. The number of aryl methyl sites for hydroxylation is 3. The first kappa shape index (κ1) is 26.3. The van der Waals surface area contributed by atoms with Gasteiger partial charge in [-0.3, -0.25) is 14.5 Å². The predicted molar refractivity (Wildman–Crippen MR) is 135 cm³/mol. The van der Waals surface area contributed by atoms with Crippen molar-refractivity contribution in [1.82, 2.24) is 14.8 Å². The van der Waals surface area contributed by atoms with Crippen molar-refractivity contribution >= 4 is 35.5 Å². The second-order valence-electron chi connectivity index (χ2n) is 8.13. The van der Waals surface area contributed by atoms with Gasteiger partial charge in [0, 0.05) is 25.1 Å². The quantitative estimate of drug-likeness (QED) is 0.363. The van der Waals surface area contributed by atoms with Crippen LogP contribution in [0.2, 0.25) is 0 Å². The summed E-state index contributed by atoms with van der Waals surface area (Å²) in [5.41, 5.74) is 2.96. The molecule has 2 N–H and O–H groups in total. The summed E-state index contributed by atoms with van der Waals surface area (Å²) < 4.78 is 40.9. The molecule has 2 aromatic heterocycles. The van der Waals surface area contributed by atoms with Gasteiger partial charge in [0.2, 0.25) is 11.9 Å². The van der Waals surface area contributed by atoms with Crippen LogP contribution in [0.25, 0.3) is 5.57 Å². The van der Waals surface area contributed by atoms with Crippen LogP contribution >= 0.6 is 0 Å². The van der Waals surface area contributed by atoms with Crippen LogP contribution in [0.3, 0.4) is 0 Å². The van der Waals surface area contributed by atoms with Crippen molar-refractivity contribution in [1.29, 1.82) is 0 Å². The molecule has 2 heterocycles. The monoisotopic (exact) mass is 497 g/mol. The Hall–Kier alpha value is -4.28. The lowest BCUT2D eigenvalue weighted by atomic mass is 10.0. The number of pyridine rings is 1. The van der Waals surface area contributed by atoms with Gasteiger partial charge in [0.05, 0.1) is 35.2 Å². The third kappa shape index (κ3) is 6.87. The van der Waals surface area contributed by atoms with E-state index in [1.165, 1.54) is 13.1 Å². The molecule has 0 bridgehead atoms. The van der Waals surface area contributed by atoms with Crippen LogP contribution in [0.5, 0.6) is 0 Å². The number of anilines is 2. The molecule has 0 saturated carbocycles. The minimum atomic E-state index is -4.54. The number of alkyl halides is 3. The van der Waals surface area contributed by atoms with E-state index >= 15 is 0 Å². The number of halogens is 3. The van der Waals surface area contributed by atoms with Gasteiger partial charge in [-0.2, -0.15) is 18.3 Å². The fourth-order valence-electron chi connectivity index (χ4n) is 3.35. The van der Waals surface area contributed by atoms with Gasteiger partial charge in [0.15, 0.2) is 0 Å². The van der Waals surface area contributed by atoms with Crippen LogP contribution < -0.4 is 10.6 Å². The SMILES string of the molecule is C=NC(=N/C=C(\C)c1ccc(CC(=O)Nc2cnc(C)c(C(F)(F)F)c2)cc1)Nc1cn(C)nc1C. The number of carbonyl (C=O) groups excluding carboxylic acids is 1. The Morgan fingerprint density at radius 2 is 1.86 bits per heavy atom. The van der Waals surface area contributed by atoms with E-state index in [2.05, 4.69) is 37.4 Å². The molecule has 1 amide bonds. The molecular formula is C25H26F3N7O. The molecule has 36 heavy (non-hydrogen) atoms. The minimum absolute atomic E-state index is 0.00463. The van der Waals surface area contributed by atoms with E-state index in [0.29, 0.717) is 11.5 Å². The number of hydrogen-bond acceptors (Lipinski definition) is 4. The average Bonchev–Trinajstić information content (AvgIpc) is 3.13. The number of guanidine groups is 1. The van der Waals surface area contributed by atoms with E-state index in [1.54, 1.807) is 23.0 Å². The molecule has 0 aliphatic heterocycles. The van der Waals surface area contributed by atoms with E-state index in [1.807, 2.05) is 39.2 Å². The van der Waals surface area contributed by atoms with Crippen molar-refractivity contribution in [2.24, 2.45) is 17.0 Å². The zero-order valence-electron chi connectivity index (χ0n) is 20.3. The molecule has 0 saturated heterocycles. The van der Waals surface area contributed by atoms with E-state index in [4.69, 9.17) is 0 Å². The highest BCUT2D eigenvalue weighted by atomic mass is 19.4. The maximum absolute atomic E-state index is 13.1. The molecule has 0 aliphatic rings. The third-order valence-corrected chi connectivity index (χ3v) is 5.24.